The van der Waals surface area contributed by atoms with Gasteiger partial charge >= 0.3 is 0 Å². The van der Waals surface area contributed by atoms with E-state index in [0.29, 0.717) is 18.2 Å². The fraction of sp³-hybridized carbons (Fsp3) is 0.769. The summed E-state index contributed by atoms with van der Waals surface area (Å²) in [6.45, 7) is 9.57. The Morgan fingerprint density at radius 1 is 1.50 bits per heavy atom. The van der Waals surface area contributed by atoms with Crippen molar-refractivity contribution in [1.82, 2.24) is 20.0 Å². The molecule has 2 aliphatic heterocycles. The molecule has 1 N–H and O–H groups in total. The maximum absolute atomic E-state index is 5.92. The summed E-state index contributed by atoms with van der Waals surface area (Å²) in [4.78, 5) is 5.05. The predicted octanol–water partition coefficient (Wildman–Crippen LogP) is 0.703. The van der Waals surface area contributed by atoms with E-state index < -0.39 is 0 Å². The van der Waals surface area contributed by atoms with E-state index in [9.17, 15) is 0 Å². The van der Waals surface area contributed by atoms with Gasteiger partial charge in [0.05, 0.1) is 18.8 Å². The van der Waals surface area contributed by atoms with Gasteiger partial charge in [-0.15, -0.1) is 0 Å². The van der Waals surface area contributed by atoms with Crippen LogP contribution in [0.5, 0.6) is 0 Å². The predicted molar refractivity (Wildman–Crippen MR) is 69.2 cm³/mol. The van der Waals surface area contributed by atoms with Crippen LogP contribution in [0.3, 0.4) is 0 Å². The van der Waals surface area contributed by atoms with Crippen molar-refractivity contribution in [2.24, 2.45) is 0 Å². The second-order valence-corrected chi connectivity index (χ2v) is 5.58. The average Bonchev–Trinajstić information content (AvgIpc) is 2.96. The highest BCUT2D eigenvalue weighted by molar-refractivity contribution is 5.01. The molecule has 0 spiro atoms. The van der Waals surface area contributed by atoms with Gasteiger partial charge in [0.15, 0.2) is 0 Å². The molecule has 0 unspecified atom stereocenters. The van der Waals surface area contributed by atoms with Crippen LogP contribution in [0.2, 0.25) is 0 Å². The topological polar surface area (TPSA) is 44.4 Å². The number of ether oxygens (including phenoxy) is 1. The van der Waals surface area contributed by atoms with E-state index in [1.807, 2.05) is 12.3 Å². The summed E-state index contributed by atoms with van der Waals surface area (Å²) in [7, 11) is 0. The van der Waals surface area contributed by atoms with E-state index in [1.165, 1.54) is 5.69 Å². The first kappa shape index (κ1) is 12.1. The highest BCUT2D eigenvalue weighted by atomic mass is 16.5. The molecule has 0 amide bonds. The molecular formula is C13H22N4O. The molecule has 0 radical (unpaired) electrons. The quantitative estimate of drug-likeness (QED) is 0.858. The van der Waals surface area contributed by atoms with Crippen molar-refractivity contribution in [1.29, 1.82) is 0 Å². The van der Waals surface area contributed by atoms with Crippen LogP contribution in [-0.2, 0) is 11.3 Å². The van der Waals surface area contributed by atoms with E-state index in [-0.39, 0.29) is 0 Å². The van der Waals surface area contributed by atoms with Gasteiger partial charge in [-0.3, -0.25) is 14.9 Å². The Morgan fingerprint density at radius 2 is 2.39 bits per heavy atom. The van der Waals surface area contributed by atoms with Crippen molar-refractivity contribution in [2.45, 2.75) is 38.6 Å². The van der Waals surface area contributed by atoms with Crippen molar-refractivity contribution >= 4 is 0 Å². The van der Waals surface area contributed by atoms with Crippen LogP contribution >= 0.6 is 0 Å². The number of nitrogens with zero attached hydrogens (tertiary/aromatic N) is 3. The molecule has 2 aliphatic rings. The van der Waals surface area contributed by atoms with Gasteiger partial charge in [0.25, 0.3) is 0 Å². The average molecular weight is 250 g/mol. The minimum absolute atomic E-state index is 0.379. The van der Waals surface area contributed by atoms with Crippen LogP contribution in [0.1, 0.15) is 19.5 Å². The van der Waals surface area contributed by atoms with Crippen LogP contribution < -0.4 is 0 Å². The monoisotopic (exact) mass is 250 g/mol. The number of hydrogen-bond acceptors (Lipinski definition) is 4. The second-order valence-electron chi connectivity index (χ2n) is 5.58. The van der Waals surface area contributed by atoms with Gasteiger partial charge in [-0.25, -0.2) is 0 Å². The number of morpholine rings is 1. The van der Waals surface area contributed by atoms with E-state index in [0.717, 1.165) is 32.8 Å². The summed E-state index contributed by atoms with van der Waals surface area (Å²) in [6.07, 6.45) is 2.19. The van der Waals surface area contributed by atoms with Gasteiger partial charge in [-0.05, 0) is 19.9 Å². The zero-order valence-corrected chi connectivity index (χ0v) is 11.2. The zero-order chi connectivity index (χ0) is 12.5. The Hall–Kier alpha value is -0.910. The van der Waals surface area contributed by atoms with Crippen molar-refractivity contribution in [3.63, 3.8) is 0 Å². The lowest BCUT2D eigenvalue weighted by Crippen LogP contribution is -2.53. The fourth-order valence-corrected chi connectivity index (χ4v) is 3.17. The Morgan fingerprint density at radius 3 is 3.11 bits per heavy atom. The molecule has 3 rings (SSSR count). The normalized spacial score (nSPS) is 29.9. The van der Waals surface area contributed by atoms with Crippen LogP contribution in [0.25, 0.3) is 0 Å². The van der Waals surface area contributed by atoms with Gasteiger partial charge in [0.2, 0.25) is 0 Å². The number of aromatic amines is 1. The van der Waals surface area contributed by atoms with Crippen molar-refractivity contribution in [2.75, 3.05) is 26.2 Å². The minimum Gasteiger partial charge on any atom is -0.374 e. The first-order chi connectivity index (χ1) is 8.74. The maximum atomic E-state index is 5.92. The lowest BCUT2D eigenvalue weighted by atomic mass is 10.1. The number of nitrogens with one attached hydrogen (secondary N) is 1. The Labute approximate surface area is 108 Å². The largest absolute Gasteiger partial charge is 0.374 e. The second kappa shape index (κ2) is 4.99. The Balaban J connectivity index is 1.65. The highest BCUT2D eigenvalue weighted by Gasteiger charge is 2.40. The first-order valence-electron chi connectivity index (χ1n) is 6.82. The third-order valence-corrected chi connectivity index (χ3v) is 4.04. The highest BCUT2D eigenvalue weighted by Crippen LogP contribution is 2.25. The number of aromatic nitrogens is 2. The number of hydrogen-bond donors (Lipinski definition) is 1. The van der Waals surface area contributed by atoms with E-state index in [4.69, 9.17) is 4.74 Å². The number of H-pyrrole nitrogens is 1. The van der Waals surface area contributed by atoms with Crippen LogP contribution in [0.15, 0.2) is 12.3 Å². The Bertz CT molecular complexity index is 378. The van der Waals surface area contributed by atoms with E-state index in [2.05, 4.69) is 33.8 Å². The zero-order valence-electron chi connectivity index (χ0n) is 11.2. The summed E-state index contributed by atoms with van der Waals surface area (Å²) in [5.41, 5.74) is 1.18. The SMILES string of the molecule is CC(C)N1CCO[C@@H]2CN(Cc3ccn[nH]3)C[C@@H]21. The molecule has 18 heavy (non-hydrogen) atoms. The lowest BCUT2D eigenvalue weighted by molar-refractivity contribution is -0.0583. The van der Waals surface area contributed by atoms with Crippen LogP contribution in [0, 0.1) is 0 Å². The van der Waals surface area contributed by atoms with Gasteiger partial charge in [0, 0.05) is 44.1 Å². The molecular weight excluding hydrogens is 228 g/mol. The lowest BCUT2D eigenvalue weighted by Gasteiger charge is -2.39. The fourth-order valence-electron chi connectivity index (χ4n) is 3.17. The van der Waals surface area contributed by atoms with Gasteiger partial charge in [-0.1, -0.05) is 0 Å². The number of likely N-dealkylation sites (tertiary alicyclic amines) is 1. The standard InChI is InChI=1S/C13H22N4O/c1-10(2)17-5-6-18-13-9-16(8-12(13)17)7-11-3-4-14-15-11/h3-4,10,12-13H,5-9H2,1-2H3,(H,14,15)/t12-,13+/m0/s1. The molecule has 1 aromatic heterocycles. The third-order valence-electron chi connectivity index (χ3n) is 4.04. The van der Waals surface area contributed by atoms with Crippen molar-refractivity contribution in [3.05, 3.63) is 18.0 Å². The molecule has 2 fully saturated rings. The van der Waals surface area contributed by atoms with Crippen LogP contribution in [0.4, 0.5) is 0 Å². The summed E-state index contributed by atoms with van der Waals surface area (Å²) in [5.74, 6) is 0. The summed E-state index contributed by atoms with van der Waals surface area (Å²) < 4.78 is 5.92. The number of fused-ring (bicyclic) bond motifs is 1. The summed E-state index contributed by atoms with van der Waals surface area (Å²) >= 11 is 0. The Kier molecular flexibility index (Phi) is 3.37. The van der Waals surface area contributed by atoms with Crippen molar-refractivity contribution in [3.8, 4) is 0 Å². The van der Waals surface area contributed by atoms with Crippen molar-refractivity contribution < 1.29 is 4.74 Å². The molecule has 3 heterocycles. The smallest absolute Gasteiger partial charge is 0.0870 e. The van der Waals surface area contributed by atoms with Crippen LogP contribution in [-0.4, -0.2) is 64.4 Å². The molecule has 5 heteroatoms. The molecule has 2 atom stereocenters. The van der Waals surface area contributed by atoms with Gasteiger partial charge in [-0.2, -0.15) is 5.10 Å². The maximum Gasteiger partial charge on any atom is 0.0870 e. The van der Waals surface area contributed by atoms with Gasteiger partial charge < -0.3 is 4.74 Å². The van der Waals surface area contributed by atoms with E-state index >= 15 is 0 Å². The number of rotatable bonds is 3. The van der Waals surface area contributed by atoms with E-state index in [1.54, 1.807) is 0 Å². The summed E-state index contributed by atoms with van der Waals surface area (Å²) in [5, 5.41) is 7.04. The third kappa shape index (κ3) is 2.30. The molecule has 0 aliphatic carbocycles. The first-order valence-corrected chi connectivity index (χ1v) is 6.82. The summed E-state index contributed by atoms with van der Waals surface area (Å²) in [6, 6.07) is 3.21. The molecule has 0 saturated carbocycles. The molecule has 0 aromatic carbocycles. The van der Waals surface area contributed by atoms with Gasteiger partial charge in [0.1, 0.15) is 0 Å². The minimum atomic E-state index is 0.379. The molecule has 100 valence electrons. The molecule has 1 aromatic rings. The molecule has 2 saturated heterocycles. The molecule has 0 bridgehead atoms. The molecule has 5 nitrogen and oxygen atoms in total.